The quantitative estimate of drug-likeness (QED) is 0.654. The van der Waals surface area contributed by atoms with Crippen LogP contribution in [0.25, 0.3) is 11.3 Å². The van der Waals surface area contributed by atoms with Gasteiger partial charge in [0.25, 0.3) is 5.91 Å². The van der Waals surface area contributed by atoms with Crippen LogP contribution in [0.2, 0.25) is 0 Å². The number of ether oxygens (including phenoxy) is 1. The van der Waals surface area contributed by atoms with Crippen LogP contribution >= 0.6 is 11.3 Å². The van der Waals surface area contributed by atoms with Crippen molar-refractivity contribution < 1.29 is 27.9 Å². The third-order valence-electron chi connectivity index (χ3n) is 5.92. The summed E-state index contributed by atoms with van der Waals surface area (Å²) >= 11 is 1.10. The van der Waals surface area contributed by atoms with Gasteiger partial charge in [0.1, 0.15) is 17.8 Å². The van der Waals surface area contributed by atoms with Crippen LogP contribution in [0.4, 0.5) is 18.7 Å². The molecule has 1 aromatic carbocycles. The number of aromatic nitrogens is 1. The van der Waals surface area contributed by atoms with Crippen LogP contribution in [-0.4, -0.2) is 58.4 Å². The SMILES string of the molecule is CN1C(=O)N(CC(=O)Nc2nc(-c3ccccc3OC(F)F)cs2)C(=O)C12CCCCC2. The second-order valence-electron chi connectivity index (χ2n) is 7.79. The summed E-state index contributed by atoms with van der Waals surface area (Å²) < 4.78 is 29.8. The van der Waals surface area contributed by atoms with E-state index in [9.17, 15) is 23.2 Å². The van der Waals surface area contributed by atoms with Crippen LogP contribution in [0.1, 0.15) is 32.1 Å². The first-order valence-electron chi connectivity index (χ1n) is 10.2. The van der Waals surface area contributed by atoms with E-state index >= 15 is 0 Å². The molecule has 1 saturated carbocycles. The number of carbonyl (C=O) groups excluding carboxylic acids is 3. The average molecular weight is 464 g/mol. The summed E-state index contributed by atoms with van der Waals surface area (Å²) in [4.78, 5) is 44.9. The van der Waals surface area contributed by atoms with Crippen molar-refractivity contribution >= 4 is 34.3 Å². The van der Waals surface area contributed by atoms with Crippen molar-refractivity contribution in [3.8, 4) is 17.0 Å². The van der Waals surface area contributed by atoms with Gasteiger partial charge in [-0.15, -0.1) is 11.3 Å². The van der Waals surface area contributed by atoms with E-state index in [-0.39, 0.29) is 16.8 Å². The monoisotopic (exact) mass is 464 g/mol. The molecule has 32 heavy (non-hydrogen) atoms. The van der Waals surface area contributed by atoms with Gasteiger partial charge in [-0.2, -0.15) is 8.78 Å². The number of alkyl halides is 2. The molecule has 4 rings (SSSR count). The van der Waals surface area contributed by atoms with Gasteiger partial charge in [-0.3, -0.25) is 14.5 Å². The highest BCUT2D eigenvalue weighted by Crippen LogP contribution is 2.39. The number of para-hydroxylation sites is 1. The zero-order chi connectivity index (χ0) is 22.9. The van der Waals surface area contributed by atoms with Crippen LogP contribution in [-0.2, 0) is 9.59 Å². The number of benzene rings is 1. The summed E-state index contributed by atoms with van der Waals surface area (Å²) in [6, 6.07) is 5.73. The first-order chi connectivity index (χ1) is 15.3. The second-order valence-corrected chi connectivity index (χ2v) is 8.64. The summed E-state index contributed by atoms with van der Waals surface area (Å²) in [6.45, 7) is -3.39. The Hall–Kier alpha value is -3.08. The Kier molecular flexibility index (Phi) is 6.09. The molecule has 2 aromatic rings. The van der Waals surface area contributed by atoms with Crippen LogP contribution in [0.15, 0.2) is 29.6 Å². The smallest absolute Gasteiger partial charge is 0.387 e. The van der Waals surface area contributed by atoms with Crippen LogP contribution in [0, 0.1) is 0 Å². The number of urea groups is 1. The van der Waals surface area contributed by atoms with E-state index in [1.165, 1.54) is 11.0 Å². The number of thiazole rings is 1. The van der Waals surface area contributed by atoms with Crippen molar-refractivity contribution in [2.24, 2.45) is 0 Å². The molecule has 1 saturated heterocycles. The molecule has 8 nitrogen and oxygen atoms in total. The molecule has 170 valence electrons. The summed E-state index contributed by atoms with van der Waals surface area (Å²) in [5, 5.41) is 4.40. The molecular weight excluding hydrogens is 442 g/mol. The van der Waals surface area contributed by atoms with E-state index in [1.807, 2.05) is 0 Å². The highest BCUT2D eigenvalue weighted by molar-refractivity contribution is 7.14. The lowest BCUT2D eigenvalue weighted by molar-refractivity contribution is -0.136. The number of nitrogens with one attached hydrogen (secondary N) is 1. The normalized spacial score (nSPS) is 18.0. The van der Waals surface area contributed by atoms with E-state index < -0.39 is 30.6 Å². The van der Waals surface area contributed by atoms with Crippen LogP contribution in [0.3, 0.4) is 0 Å². The molecule has 1 aliphatic carbocycles. The maximum Gasteiger partial charge on any atom is 0.387 e. The van der Waals surface area contributed by atoms with E-state index in [0.717, 1.165) is 35.5 Å². The van der Waals surface area contributed by atoms with Crippen molar-refractivity contribution in [1.82, 2.24) is 14.8 Å². The molecule has 2 fully saturated rings. The van der Waals surface area contributed by atoms with Gasteiger partial charge in [-0.05, 0) is 25.0 Å². The minimum absolute atomic E-state index is 0.0280. The number of carbonyl (C=O) groups is 3. The topological polar surface area (TPSA) is 91.8 Å². The van der Waals surface area contributed by atoms with Crippen molar-refractivity contribution in [2.45, 2.75) is 44.3 Å². The van der Waals surface area contributed by atoms with Gasteiger partial charge in [0.15, 0.2) is 5.13 Å². The summed E-state index contributed by atoms with van der Waals surface area (Å²) in [5.74, 6) is -0.927. The first-order valence-corrected chi connectivity index (χ1v) is 11.1. The number of anilines is 1. The number of hydrogen-bond acceptors (Lipinski definition) is 6. The van der Waals surface area contributed by atoms with Crippen molar-refractivity contribution in [3.05, 3.63) is 29.6 Å². The summed E-state index contributed by atoms with van der Waals surface area (Å²) in [7, 11) is 1.61. The number of likely N-dealkylation sites (N-methyl/N-ethyl adjacent to an activating group) is 1. The number of halogens is 2. The maximum absolute atomic E-state index is 13.0. The Bertz CT molecular complexity index is 1040. The molecule has 4 amide bonds. The predicted octanol–water partition coefficient (Wildman–Crippen LogP) is 3.95. The zero-order valence-corrected chi connectivity index (χ0v) is 18.2. The van der Waals surface area contributed by atoms with E-state index in [4.69, 9.17) is 0 Å². The Morgan fingerprint density at radius 2 is 1.97 bits per heavy atom. The third kappa shape index (κ3) is 4.04. The molecule has 1 N–H and O–H groups in total. The minimum atomic E-state index is -2.98. The van der Waals surface area contributed by atoms with E-state index in [2.05, 4.69) is 15.0 Å². The van der Waals surface area contributed by atoms with Crippen LogP contribution in [0.5, 0.6) is 5.75 Å². The standard InChI is InChI=1S/C21H22F2N4O4S/c1-26-20(30)27(17(29)21(26)9-5-2-6-10-21)11-16(28)25-19-24-14(12-32-19)13-7-3-4-8-15(13)31-18(22)23/h3-4,7-8,12,18H,2,5-6,9-11H2,1H3,(H,24,25,28). The predicted molar refractivity (Wildman–Crippen MR) is 113 cm³/mol. The number of hydrogen-bond donors (Lipinski definition) is 1. The fourth-order valence-electron chi connectivity index (χ4n) is 4.31. The lowest BCUT2D eigenvalue weighted by Gasteiger charge is -2.35. The fourth-order valence-corrected chi connectivity index (χ4v) is 5.03. The highest BCUT2D eigenvalue weighted by atomic mass is 32.1. The van der Waals surface area contributed by atoms with Gasteiger partial charge in [-0.1, -0.05) is 31.4 Å². The Morgan fingerprint density at radius 3 is 2.69 bits per heavy atom. The summed E-state index contributed by atoms with van der Waals surface area (Å²) in [5.41, 5.74) is -0.135. The Morgan fingerprint density at radius 1 is 1.25 bits per heavy atom. The van der Waals surface area contributed by atoms with Gasteiger partial charge in [0, 0.05) is 18.0 Å². The molecule has 0 atom stereocenters. The summed E-state index contributed by atoms with van der Waals surface area (Å²) in [6.07, 6.45) is 3.95. The van der Waals surface area contributed by atoms with Crippen molar-refractivity contribution in [1.29, 1.82) is 0 Å². The number of amides is 4. The average Bonchev–Trinajstić information content (AvgIpc) is 3.29. The van der Waals surface area contributed by atoms with Gasteiger partial charge in [0.05, 0.1) is 5.69 Å². The molecule has 1 aliphatic heterocycles. The first kappa shape index (κ1) is 22.1. The van der Waals surface area contributed by atoms with Gasteiger partial charge >= 0.3 is 12.6 Å². The van der Waals surface area contributed by atoms with E-state index in [0.29, 0.717) is 24.1 Å². The molecule has 1 aromatic heterocycles. The van der Waals surface area contributed by atoms with Gasteiger partial charge in [0.2, 0.25) is 5.91 Å². The lowest BCUT2D eigenvalue weighted by Crippen LogP contribution is -2.49. The molecule has 0 bridgehead atoms. The van der Waals surface area contributed by atoms with Crippen molar-refractivity contribution in [2.75, 3.05) is 18.9 Å². The third-order valence-corrected chi connectivity index (χ3v) is 6.67. The fraction of sp³-hybridized carbons (Fsp3) is 0.429. The molecule has 0 unspecified atom stereocenters. The molecular formula is C21H22F2N4O4S. The minimum Gasteiger partial charge on any atom is -0.434 e. The second kappa shape index (κ2) is 8.81. The molecule has 11 heteroatoms. The van der Waals surface area contributed by atoms with E-state index in [1.54, 1.807) is 30.6 Å². The lowest BCUT2D eigenvalue weighted by atomic mass is 9.81. The largest absolute Gasteiger partial charge is 0.434 e. The molecule has 1 spiro atoms. The molecule has 0 radical (unpaired) electrons. The number of imide groups is 1. The number of nitrogens with zero attached hydrogens (tertiary/aromatic N) is 3. The van der Waals surface area contributed by atoms with Gasteiger partial charge < -0.3 is 15.0 Å². The molecule has 2 heterocycles. The Labute approximate surface area is 187 Å². The Balaban J connectivity index is 1.44. The van der Waals surface area contributed by atoms with Gasteiger partial charge in [-0.25, -0.2) is 9.78 Å². The maximum atomic E-state index is 13.0. The number of rotatable bonds is 6. The van der Waals surface area contributed by atoms with Crippen molar-refractivity contribution in [3.63, 3.8) is 0 Å². The highest BCUT2D eigenvalue weighted by Gasteiger charge is 2.55. The van der Waals surface area contributed by atoms with Crippen LogP contribution < -0.4 is 10.1 Å². The molecule has 2 aliphatic rings. The zero-order valence-electron chi connectivity index (χ0n) is 17.3.